The summed E-state index contributed by atoms with van der Waals surface area (Å²) in [5, 5.41) is 9.60. The van der Waals surface area contributed by atoms with Gasteiger partial charge in [0.2, 0.25) is 0 Å². The third-order valence-corrected chi connectivity index (χ3v) is 4.34. The second-order valence-corrected chi connectivity index (χ2v) is 6.35. The number of aliphatic hydroxyl groups excluding tert-OH is 1. The van der Waals surface area contributed by atoms with Crippen molar-refractivity contribution in [3.63, 3.8) is 0 Å². The lowest BCUT2D eigenvalue weighted by Crippen LogP contribution is -2.28. The molecule has 1 aliphatic rings. The highest BCUT2D eigenvalue weighted by atomic mass is 16.5. The van der Waals surface area contributed by atoms with Gasteiger partial charge in [0.15, 0.2) is 11.5 Å². The average Bonchev–Trinajstić information content (AvgIpc) is 2.87. The molecule has 1 aliphatic heterocycles. The molecule has 1 heterocycles. The first-order chi connectivity index (χ1) is 10.6. The van der Waals surface area contributed by atoms with E-state index in [1.807, 2.05) is 12.1 Å². The fourth-order valence-electron chi connectivity index (χ4n) is 3.28. The molecule has 0 saturated carbocycles. The molecule has 0 unspecified atom stereocenters. The number of likely N-dealkylation sites (tertiary alicyclic amines) is 1. The van der Waals surface area contributed by atoms with E-state index in [1.165, 1.54) is 5.56 Å². The number of hydrogen-bond acceptors (Lipinski definition) is 5. The second-order valence-electron chi connectivity index (χ2n) is 6.35. The summed E-state index contributed by atoms with van der Waals surface area (Å²) < 4.78 is 10.6. The zero-order valence-electron chi connectivity index (χ0n) is 14.1. The Balaban J connectivity index is 2.02. The molecule has 1 fully saturated rings. The molecule has 0 spiro atoms. The molecule has 1 N–H and O–H groups in total. The first-order valence-corrected chi connectivity index (χ1v) is 7.76. The minimum Gasteiger partial charge on any atom is -0.493 e. The molecule has 0 bridgehead atoms. The highest BCUT2D eigenvalue weighted by Gasteiger charge is 2.32. The third-order valence-electron chi connectivity index (χ3n) is 4.34. The maximum absolute atomic E-state index is 9.60. The summed E-state index contributed by atoms with van der Waals surface area (Å²) in [6, 6.07) is 6.06. The first kappa shape index (κ1) is 17.1. The van der Waals surface area contributed by atoms with Crippen molar-refractivity contribution in [1.82, 2.24) is 9.80 Å². The molecule has 0 amide bonds. The molecule has 5 heteroatoms. The Morgan fingerprint density at radius 1 is 1.14 bits per heavy atom. The Bertz CT molecular complexity index is 479. The number of hydrogen-bond donors (Lipinski definition) is 1. The zero-order chi connectivity index (χ0) is 16.1. The number of benzene rings is 1. The van der Waals surface area contributed by atoms with Crippen molar-refractivity contribution >= 4 is 0 Å². The van der Waals surface area contributed by atoms with Crippen molar-refractivity contribution < 1.29 is 14.6 Å². The van der Waals surface area contributed by atoms with E-state index in [0.717, 1.165) is 37.7 Å². The number of rotatable bonds is 7. The number of methoxy groups -OCH3 is 2. The largest absolute Gasteiger partial charge is 0.493 e. The Morgan fingerprint density at radius 3 is 2.41 bits per heavy atom. The van der Waals surface area contributed by atoms with E-state index >= 15 is 0 Å². The van der Waals surface area contributed by atoms with Gasteiger partial charge in [0.25, 0.3) is 0 Å². The Kier molecular flexibility index (Phi) is 6.06. The van der Waals surface area contributed by atoms with Gasteiger partial charge in [-0.05, 0) is 43.6 Å². The van der Waals surface area contributed by atoms with Crippen LogP contribution in [0, 0.1) is 11.8 Å². The van der Waals surface area contributed by atoms with Crippen LogP contribution in [-0.2, 0) is 6.54 Å². The van der Waals surface area contributed by atoms with Crippen LogP contribution >= 0.6 is 0 Å². The van der Waals surface area contributed by atoms with E-state index in [4.69, 9.17) is 9.47 Å². The molecule has 2 rings (SSSR count). The van der Waals surface area contributed by atoms with Gasteiger partial charge >= 0.3 is 0 Å². The summed E-state index contributed by atoms with van der Waals surface area (Å²) in [6.45, 7) is 4.14. The maximum atomic E-state index is 9.60. The predicted molar refractivity (Wildman–Crippen MR) is 87.4 cm³/mol. The van der Waals surface area contributed by atoms with Gasteiger partial charge in [-0.1, -0.05) is 6.07 Å². The Hall–Kier alpha value is -1.30. The summed E-state index contributed by atoms with van der Waals surface area (Å²) in [5.41, 5.74) is 1.21. The lowest BCUT2D eigenvalue weighted by molar-refractivity contribution is 0.183. The van der Waals surface area contributed by atoms with Crippen LogP contribution in [0.2, 0.25) is 0 Å². The topological polar surface area (TPSA) is 45.2 Å². The number of ether oxygens (including phenoxy) is 2. The molecule has 124 valence electrons. The summed E-state index contributed by atoms with van der Waals surface area (Å²) in [7, 11) is 7.49. The van der Waals surface area contributed by atoms with Gasteiger partial charge in [0.1, 0.15) is 0 Å². The van der Waals surface area contributed by atoms with Crippen LogP contribution in [-0.4, -0.2) is 69.5 Å². The van der Waals surface area contributed by atoms with E-state index in [1.54, 1.807) is 14.2 Å². The van der Waals surface area contributed by atoms with Gasteiger partial charge < -0.3 is 19.5 Å². The molecular weight excluding hydrogens is 280 g/mol. The molecule has 1 aromatic carbocycles. The fraction of sp³-hybridized carbons (Fsp3) is 0.647. The van der Waals surface area contributed by atoms with Gasteiger partial charge in [0, 0.05) is 32.8 Å². The van der Waals surface area contributed by atoms with Crippen LogP contribution in [0.3, 0.4) is 0 Å². The lowest BCUT2D eigenvalue weighted by atomic mass is 9.97. The van der Waals surface area contributed by atoms with Crippen LogP contribution in [0.15, 0.2) is 18.2 Å². The molecule has 1 saturated heterocycles. The van der Waals surface area contributed by atoms with Crippen LogP contribution in [0.25, 0.3) is 0 Å². The normalized spacial score (nSPS) is 22.3. The van der Waals surface area contributed by atoms with Gasteiger partial charge in [-0.25, -0.2) is 0 Å². The summed E-state index contributed by atoms with van der Waals surface area (Å²) in [6.07, 6.45) is 0. The van der Waals surface area contributed by atoms with E-state index in [9.17, 15) is 5.11 Å². The van der Waals surface area contributed by atoms with Crippen molar-refractivity contribution in [2.24, 2.45) is 11.8 Å². The lowest BCUT2D eigenvalue weighted by Gasteiger charge is -2.20. The van der Waals surface area contributed by atoms with Crippen LogP contribution in [0.1, 0.15) is 5.56 Å². The van der Waals surface area contributed by atoms with Crippen molar-refractivity contribution in [3.05, 3.63) is 23.8 Å². The molecular formula is C17H28N2O3. The van der Waals surface area contributed by atoms with Crippen molar-refractivity contribution in [2.75, 3.05) is 54.6 Å². The highest BCUT2D eigenvalue weighted by Crippen LogP contribution is 2.30. The minimum absolute atomic E-state index is 0.265. The van der Waals surface area contributed by atoms with Crippen LogP contribution < -0.4 is 9.47 Å². The number of aliphatic hydroxyl groups is 1. The maximum Gasteiger partial charge on any atom is 0.161 e. The standard InChI is InChI=1S/C17H28N2O3/c1-18(2)9-14-10-19(11-15(14)12-20)8-13-5-6-16(21-3)17(7-13)22-4/h5-7,14-15,20H,8-12H2,1-4H3/t14-,15-/m1/s1. The molecule has 0 aromatic heterocycles. The summed E-state index contributed by atoms with van der Waals surface area (Å²) in [4.78, 5) is 4.61. The quantitative estimate of drug-likeness (QED) is 0.823. The second kappa shape index (κ2) is 7.81. The van der Waals surface area contributed by atoms with Gasteiger partial charge in [-0.2, -0.15) is 0 Å². The highest BCUT2D eigenvalue weighted by molar-refractivity contribution is 5.42. The SMILES string of the molecule is COc1ccc(CN2C[C@@H](CN(C)C)[C@@H](CO)C2)cc1OC. The molecule has 0 radical (unpaired) electrons. The fourth-order valence-corrected chi connectivity index (χ4v) is 3.28. The zero-order valence-corrected chi connectivity index (χ0v) is 14.1. The van der Waals surface area contributed by atoms with Crippen LogP contribution in [0.4, 0.5) is 0 Å². The average molecular weight is 308 g/mol. The molecule has 22 heavy (non-hydrogen) atoms. The molecule has 5 nitrogen and oxygen atoms in total. The van der Waals surface area contributed by atoms with E-state index in [-0.39, 0.29) is 6.61 Å². The van der Waals surface area contributed by atoms with Crippen LogP contribution in [0.5, 0.6) is 11.5 Å². The third kappa shape index (κ3) is 4.12. The van der Waals surface area contributed by atoms with Crippen molar-refractivity contribution in [2.45, 2.75) is 6.54 Å². The van der Waals surface area contributed by atoms with E-state index in [0.29, 0.717) is 11.8 Å². The van der Waals surface area contributed by atoms with Gasteiger partial charge in [-0.3, -0.25) is 4.90 Å². The monoisotopic (exact) mass is 308 g/mol. The Labute approximate surface area is 133 Å². The molecule has 0 aliphatic carbocycles. The van der Waals surface area contributed by atoms with Gasteiger partial charge in [-0.15, -0.1) is 0 Å². The molecule has 1 aromatic rings. The van der Waals surface area contributed by atoms with Gasteiger partial charge in [0.05, 0.1) is 14.2 Å². The first-order valence-electron chi connectivity index (χ1n) is 7.76. The molecule has 2 atom stereocenters. The van der Waals surface area contributed by atoms with E-state index in [2.05, 4.69) is 30.0 Å². The smallest absolute Gasteiger partial charge is 0.161 e. The van der Waals surface area contributed by atoms with Crippen molar-refractivity contribution in [3.8, 4) is 11.5 Å². The summed E-state index contributed by atoms with van der Waals surface area (Å²) in [5.74, 6) is 2.41. The minimum atomic E-state index is 0.265. The summed E-state index contributed by atoms with van der Waals surface area (Å²) >= 11 is 0. The number of nitrogens with zero attached hydrogens (tertiary/aromatic N) is 2. The Morgan fingerprint density at radius 2 is 1.82 bits per heavy atom. The van der Waals surface area contributed by atoms with Crippen molar-refractivity contribution in [1.29, 1.82) is 0 Å². The van der Waals surface area contributed by atoms with E-state index < -0.39 is 0 Å². The predicted octanol–water partition coefficient (Wildman–Crippen LogP) is 1.31.